The quantitative estimate of drug-likeness (QED) is 0.350. The van der Waals surface area contributed by atoms with E-state index in [1.54, 1.807) is 0 Å². The van der Waals surface area contributed by atoms with Gasteiger partial charge in [0.2, 0.25) is 0 Å². The van der Waals surface area contributed by atoms with Crippen LogP contribution in [0.15, 0.2) is 113 Å². The normalized spacial score (nSPS) is 20.7. The summed E-state index contributed by atoms with van der Waals surface area (Å²) in [6, 6.07) is 29.9. The fraction of sp³-hybridized carbons (Fsp3) is 0.154. The predicted molar refractivity (Wildman–Crippen MR) is 122 cm³/mol. The minimum absolute atomic E-state index is 0.0255. The molecule has 1 aliphatic rings. The first kappa shape index (κ1) is 21.9. The molecule has 31 heavy (non-hydrogen) atoms. The van der Waals surface area contributed by atoms with Gasteiger partial charge in [-0.1, -0.05) is 0 Å². The van der Waals surface area contributed by atoms with Gasteiger partial charge in [0.1, 0.15) is 0 Å². The number of alkyl halides is 3. The number of hydrogen-bond acceptors (Lipinski definition) is 1. The van der Waals surface area contributed by atoms with E-state index in [2.05, 4.69) is 6.58 Å². The van der Waals surface area contributed by atoms with Gasteiger partial charge in [0.25, 0.3) is 0 Å². The van der Waals surface area contributed by atoms with Gasteiger partial charge in [0.05, 0.1) is 0 Å². The summed E-state index contributed by atoms with van der Waals surface area (Å²) in [5.74, 6) is 0. The standard InChI is InChI=1S/C8H8F3O.3C6H5.Sn/c1-3-7(8(9,10)11)6(2)4-5-12-7;3*1-2-4-6-5-3-1;/h2-3H,1,4-5H2;3*1-5H;. The second-order valence-corrected chi connectivity index (χ2v) is 18.0. The van der Waals surface area contributed by atoms with Crippen LogP contribution in [0.4, 0.5) is 13.2 Å². The molecule has 4 rings (SSSR count). The van der Waals surface area contributed by atoms with E-state index < -0.39 is 30.2 Å². The van der Waals surface area contributed by atoms with E-state index in [1.165, 1.54) is 0 Å². The Hall–Kier alpha value is -2.31. The van der Waals surface area contributed by atoms with Crippen LogP contribution in [-0.4, -0.2) is 36.8 Å². The summed E-state index contributed by atoms with van der Waals surface area (Å²) < 4.78 is 53.3. The molecule has 1 unspecified atom stereocenters. The maximum absolute atomic E-state index is 14.2. The van der Waals surface area contributed by atoms with Crippen LogP contribution in [0.25, 0.3) is 0 Å². The topological polar surface area (TPSA) is 9.23 Å². The molecule has 0 N–H and O–H groups in total. The number of halogens is 3. The van der Waals surface area contributed by atoms with Crippen molar-refractivity contribution >= 4 is 29.1 Å². The van der Waals surface area contributed by atoms with Crippen molar-refractivity contribution in [2.24, 2.45) is 0 Å². The van der Waals surface area contributed by atoms with Crippen molar-refractivity contribution in [3.05, 3.63) is 113 Å². The Kier molecular flexibility index (Phi) is 6.13. The first-order valence-corrected chi connectivity index (χ1v) is 16.1. The molecular formula is C26H23F3OSn. The molecule has 0 amide bonds. The molecule has 0 bridgehead atoms. The Morgan fingerprint density at radius 1 is 0.774 bits per heavy atom. The number of ether oxygens (including phenoxy) is 1. The summed E-state index contributed by atoms with van der Waals surface area (Å²) in [6.45, 7) is 3.54. The molecule has 0 radical (unpaired) electrons. The van der Waals surface area contributed by atoms with Gasteiger partial charge >= 0.3 is 185 Å². The van der Waals surface area contributed by atoms with Gasteiger partial charge in [-0.3, -0.25) is 0 Å². The average molecular weight is 527 g/mol. The van der Waals surface area contributed by atoms with E-state index in [0.29, 0.717) is 0 Å². The van der Waals surface area contributed by atoms with Crippen LogP contribution < -0.4 is 10.7 Å². The van der Waals surface area contributed by atoms with Gasteiger partial charge < -0.3 is 0 Å². The van der Waals surface area contributed by atoms with E-state index in [4.69, 9.17) is 4.74 Å². The maximum atomic E-state index is 14.2. The van der Waals surface area contributed by atoms with Gasteiger partial charge in [0, 0.05) is 0 Å². The monoisotopic (exact) mass is 528 g/mol. The zero-order chi connectivity index (χ0) is 22.0. The van der Waals surface area contributed by atoms with Crippen molar-refractivity contribution in [1.82, 2.24) is 0 Å². The summed E-state index contributed by atoms with van der Waals surface area (Å²) in [4.78, 5) is 0. The van der Waals surface area contributed by atoms with Crippen LogP contribution in [0.2, 0.25) is 0 Å². The number of hydrogen-bond donors (Lipinski definition) is 0. The van der Waals surface area contributed by atoms with Crippen molar-refractivity contribution < 1.29 is 17.9 Å². The Morgan fingerprint density at radius 2 is 1.19 bits per heavy atom. The molecule has 1 heterocycles. The van der Waals surface area contributed by atoms with Gasteiger partial charge in [-0.2, -0.15) is 0 Å². The summed E-state index contributed by atoms with van der Waals surface area (Å²) in [5.41, 5.74) is -2.17. The van der Waals surface area contributed by atoms with Gasteiger partial charge in [-0.05, 0) is 0 Å². The summed E-state index contributed by atoms with van der Waals surface area (Å²) in [6.07, 6.45) is -3.42. The molecule has 1 fully saturated rings. The molecule has 1 aliphatic heterocycles. The molecule has 1 atom stereocenters. The van der Waals surface area contributed by atoms with Crippen molar-refractivity contribution in [3.63, 3.8) is 0 Å². The van der Waals surface area contributed by atoms with E-state index in [9.17, 15) is 13.2 Å². The SMILES string of the molecule is C=CC1(C(F)(F)F)OCC/C1=[CH]/[Sn]([c]1ccccc1)([c]1ccccc1)[c]1ccccc1. The van der Waals surface area contributed by atoms with Crippen LogP contribution >= 0.6 is 0 Å². The third-order valence-corrected chi connectivity index (χ3v) is 18.8. The fourth-order valence-electron chi connectivity index (χ4n) is 4.46. The molecule has 0 spiro atoms. The summed E-state index contributed by atoms with van der Waals surface area (Å²) >= 11 is -4.01. The Balaban J connectivity index is 2.09. The fourth-order valence-corrected chi connectivity index (χ4v) is 17.4. The van der Waals surface area contributed by atoms with Crippen molar-refractivity contribution in [3.8, 4) is 0 Å². The molecule has 158 valence electrons. The van der Waals surface area contributed by atoms with Crippen LogP contribution in [0, 0.1) is 0 Å². The third-order valence-electron chi connectivity index (χ3n) is 5.96. The summed E-state index contributed by atoms with van der Waals surface area (Å²) in [7, 11) is 0. The Labute approximate surface area is 184 Å². The van der Waals surface area contributed by atoms with Gasteiger partial charge in [0.15, 0.2) is 0 Å². The number of rotatable bonds is 5. The average Bonchev–Trinajstić information content (AvgIpc) is 3.23. The molecule has 1 nitrogen and oxygen atoms in total. The molecule has 5 heteroatoms. The van der Waals surface area contributed by atoms with Crippen molar-refractivity contribution in [1.29, 1.82) is 0 Å². The molecule has 0 aliphatic carbocycles. The Morgan fingerprint density at radius 3 is 1.55 bits per heavy atom. The minimum atomic E-state index is -4.57. The second kappa shape index (κ2) is 8.67. The van der Waals surface area contributed by atoms with E-state index in [-0.39, 0.29) is 18.6 Å². The van der Waals surface area contributed by atoms with Gasteiger partial charge in [-0.25, -0.2) is 0 Å². The molecule has 0 aromatic heterocycles. The zero-order valence-corrected chi connectivity index (χ0v) is 19.8. The molecule has 3 aromatic carbocycles. The van der Waals surface area contributed by atoms with Crippen LogP contribution in [0.3, 0.4) is 0 Å². The van der Waals surface area contributed by atoms with E-state index in [1.807, 2.05) is 95.1 Å². The van der Waals surface area contributed by atoms with E-state index in [0.717, 1.165) is 16.8 Å². The Bertz CT molecular complexity index is 965. The number of benzene rings is 3. The van der Waals surface area contributed by atoms with Gasteiger partial charge in [-0.15, -0.1) is 0 Å². The van der Waals surface area contributed by atoms with E-state index >= 15 is 0 Å². The molecular weight excluding hydrogens is 504 g/mol. The van der Waals surface area contributed by atoms with Crippen LogP contribution in [0.1, 0.15) is 6.42 Å². The predicted octanol–water partition coefficient (Wildman–Crippen LogP) is 4.53. The molecule has 3 aromatic rings. The first-order chi connectivity index (χ1) is 14.9. The van der Waals surface area contributed by atoms with Crippen molar-refractivity contribution in [2.45, 2.75) is 18.2 Å². The zero-order valence-electron chi connectivity index (χ0n) is 17.0. The molecule has 0 saturated carbocycles. The second-order valence-electron chi connectivity index (χ2n) is 7.61. The summed E-state index contributed by atoms with van der Waals surface area (Å²) in [5, 5.41) is 0. The molecule has 1 saturated heterocycles. The van der Waals surface area contributed by atoms with Crippen molar-refractivity contribution in [2.75, 3.05) is 6.61 Å². The third kappa shape index (κ3) is 3.76. The van der Waals surface area contributed by atoms with Crippen LogP contribution in [0.5, 0.6) is 0 Å². The van der Waals surface area contributed by atoms with Crippen LogP contribution in [-0.2, 0) is 4.74 Å². The first-order valence-electron chi connectivity index (χ1n) is 10.2.